The number of aromatic amines is 1. The van der Waals surface area contributed by atoms with E-state index in [-0.39, 0.29) is 41.7 Å². The number of hydrogen-bond donors (Lipinski definition) is 4. The van der Waals surface area contributed by atoms with Crippen molar-refractivity contribution in [2.75, 3.05) is 26.2 Å². The maximum Gasteiger partial charge on any atom is 0.326 e. The molecule has 44 heavy (non-hydrogen) atoms. The summed E-state index contributed by atoms with van der Waals surface area (Å²) in [4.78, 5) is 69.2. The smallest absolute Gasteiger partial charge is 0.326 e. The van der Waals surface area contributed by atoms with Gasteiger partial charge in [0.15, 0.2) is 0 Å². The fourth-order valence-corrected chi connectivity index (χ4v) is 5.20. The van der Waals surface area contributed by atoms with E-state index in [0.29, 0.717) is 75.0 Å². The molecule has 11 heteroatoms. The zero-order valence-electron chi connectivity index (χ0n) is 25.4. The Hall–Kier alpha value is -4.67. The number of rotatable bonds is 4. The quantitative estimate of drug-likeness (QED) is 0.340. The summed E-state index contributed by atoms with van der Waals surface area (Å²) in [5.74, 6) is -1.07. The second kappa shape index (κ2) is 15.7. The van der Waals surface area contributed by atoms with Crippen molar-refractivity contribution >= 4 is 40.7 Å². The number of imidazole rings is 1. The highest BCUT2D eigenvalue weighted by atomic mass is 16.2. The first-order valence-corrected chi connectivity index (χ1v) is 15.4. The Balaban J connectivity index is 1.53. The van der Waals surface area contributed by atoms with Crippen molar-refractivity contribution in [1.29, 1.82) is 0 Å². The number of amides is 4. The number of carbonyl (C=O) groups is 4. The third kappa shape index (κ3) is 8.68. The Morgan fingerprint density at radius 2 is 1.68 bits per heavy atom. The molecular formula is C33H42N6O5. The fourth-order valence-electron chi connectivity index (χ4n) is 5.20. The third-order valence-electron chi connectivity index (χ3n) is 7.96. The highest BCUT2D eigenvalue weighted by molar-refractivity contribution is 5.97. The summed E-state index contributed by atoms with van der Waals surface area (Å²) in [7, 11) is 0. The second-order valence-electron chi connectivity index (χ2n) is 11.2. The Morgan fingerprint density at radius 3 is 2.45 bits per heavy atom. The molecule has 1 aliphatic rings. The van der Waals surface area contributed by atoms with E-state index in [1.54, 1.807) is 33.7 Å². The lowest BCUT2D eigenvalue weighted by molar-refractivity contribution is -0.130. The van der Waals surface area contributed by atoms with Gasteiger partial charge < -0.3 is 25.8 Å². The molecule has 3 aromatic rings. The molecule has 0 unspecified atom stereocenters. The molecule has 0 fully saturated rings. The number of aryl methyl sites for hydroxylation is 1. The lowest BCUT2D eigenvalue weighted by Gasteiger charge is -2.24. The third-order valence-corrected chi connectivity index (χ3v) is 7.96. The highest BCUT2D eigenvalue weighted by Gasteiger charge is 2.25. The number of H-pyrrole nitrogens is 1. The molecule has 11 nitrogen and oxygen atoms in total. The summed E-state index contributed by atoms with van der Waals surface area (Å²) in [5.41, 5.74) is 2.25. The van der Waals surface area contributed by atoms with Crippen molar-refractivity contribution in [2.45, 2.75) is 58.5 Å². The SMILES string of the molecule is CC[C@H](C)[C@@H]1NC(=O)CCCN(C(=O)/C=C/c2ccccc2)CCCNC(=O)c2ccc3[nH]c(=O)n(c3c2)CCCNC1=O. The first-order chi connectivity index (χ1) is 21.3. The normalized spacial score (nSPS) is 18.8. The van der Waals surface area contributed by atoms with E-state index in [9.17, 15) is 24.0 Å². The van der Waals surface area contributed by atoms with Gasteiger partial charge in [-0.25, -0.2) is 4.79 Å². The Labute approximate surface area is 257 Å². The van der Waals surface area contributed by atoms with E-state index in [2.05, 4.69) is 20.9 Å². The second-order valence-corrected chi connectivity index (χ2v) is 11.2. The lowest BCUT2D eigenvalue weighted by atomic mass is 9.98. The molecule has 0 aliphatic carbocycles. The van der Waals surface area contributed by atoms with E-state index in [4.69, 9.17) is 0 Å². The van der Waals surface area contributed by atoms with E-state index >= 15 is 0 Å². The molecule has 2 atom stereocenters. The van der Waals surface area contributed by atoms with Crippen molar-refractivity contribution < 1.29 is 19.2 Å². The standard InChI is InChI=1S/C33H42N6O5/c1-3-23(2)30-32(43)35-18-9-21-39-27-22-25(14-15-26(27)36-33(39)44)31(42)34-17-8-20-38(19-7-12-28(40)37-30)29(41)16-13-24-10-5-4-6-11-24/h4-6,10-11,13-16,22-23,30H,3,7-9,12,17-21H2,1-2H3,(H,34,42)(H,35,43)(H,36,44)(H,37,40)/b16-13+/t23-,30-/m0/s1. The first-order valence-electron chi connectivity index (χ1n) is 15.4. The van der Waals surface area contributed by atoms with E-state index in [1.165, 1.54) is 6.08 Å². The van der Waals surface area contributed by atoms with Gasteiger partial charge in [0, 0.05) is 50.8 Å². The molecule has 4 N–H and O–H groups in total. The van der Waals surface area contributed by atoms with Crippen LogP contribution in [0.2, 0.25) is 0 Å². The summed E-state index contributed by atoms with van der Waals surface area (Å²) in [6.45, 7) is 5.61. The van der Waals surface area contributed by atoms with Gasteiger partial charge in [-0.2, -0.15) is 0 Å². The molecule has 4 rings (SSSR count). The van der Waals surface area contributed by atoms with Gasteiger partial charge in [0.2, 0.25) is 17.7 Å². The van der Waals surface area contributed by atoms with E-state index in [0.717, 1.165) is 5.56 Å². The summed E-state index contributed by atoms with van der Waals surface area (Å²) in [6.07, 6.45) is 5.55. The number of nitrogens with zero attached hydrogens (tertiary/aromatic N) is 2. The lowest BCUT2D eigenvalue weighted by Crippen LogP contribution is -2.50. The molecule has 234 valence electrons. The summed E-state index contributed by atoms with van der Waals surface area (Å²) in [5, 5.41) is 8.70. The fraction of sp³-hybridized carbons (Fsp3) is 0.424. The monoisotopic (exact) mass is 602 g/mol. The van der Waals surface area contributed by atoms with Crippen LogP contribution >= 0.6 is 0 Å². The maximum atomic E-state index is 13.1. The molecule has 1 aliphatic heterocycles. The topological polar surface area (TPSA) is 145 Å². The molecule has 4 amide bonds. The average Bonchev–Trinajstić information content (AvgIpc) is 3.35. The van der Waals surface area contributed by atoms with Crippen LogP contribution in [-0.2, 0) is 20.9 Å². The van der Waals surface area contributed by atoms with E-state index < -0.39 is 6.04 Å². The van der Waals surface area contributed by atoms with Gasteiger partial charge >= 0.3 is 5.69 Å². The molecule has 0 saturated carbocycles. The summed E-state index contributed by atoms with van der Waals surface area (Å²) >= 11 is 0. The minimum Gasteiger partial charge on any atom is -0.354 e. The van der Waals surface area contributed by atoms with Crippen LogP contribution in [0.15, 0.2) is 59.4 Å². The number of aromatic nitrogens is 2. The molecular weight excluding hydrogens is 560 g/mol. The molecule has 0 radical (unpaired) electrons. The van der Waals surface area contributed by atoms with Gasteiger partial charge in [0.05, 0.1) is 11.0 Å². The number of hydrogen-bond acceptors (Lipinski definition) is 5. The van der Waals surface area contributed by atoms with Crippen LogP contribution in [0.4, 0.5) is 0 Å². The van der Waals surface area contributed by atoms with E-state index in [1.807, 2.05) is 44.2 Å². The van der Waals surface area contributed by atoms with Gasteiger partial charge in [-0.3, -0.25) is 23.7 Å². The molecule has 2 bridgehead atoms. The van der Waals surface area contributed by atoms with Gasteiger partial charge in [-0.15, -0.1) is 0 Å². The zero-order valence-corrected chi connectivity index (χ0v) is 25.4. The van der Waals surface area contributed by atoms with Gasteiger partial charge in [-0.1, -0.05) is 50.6 Å². The maximum absolute atomic E-state index is 13.1. The highest BCUT2D eigenvalue weighted by Crippen LogP contribution is 2.14. The Morgan fingerprint density at radius 1 is 0.955 bits per heavy atom. The van der Waals surface area contributed by atoms with Crippen molar-refractivity contribution in [3.05, 3.63) is 76.2 Å². The summed E-state index contributed by atoms with van der Waals surface area (Å²) < 4.78 is 1.56. The number of nitrogens with one attached hydrogen (secondary N) is 4. The summed E-state index contributed by atoms with van der Waals surface area (Å²) in [6, 6.07) is 13.9. The van der Waals surface area contributed by atoms with Crippen LogP contribution in [0.1, 0.15) is 61.9 Å². The van der Waals surface area contributed by atoms with Crippen LogP contribution < -0.4 is 21.6 Å². The Kier molecular flexibility index (Phi) is 11.5. The number of benzene rings is 2. The van der Waals surface area contributed by atoms with Gasteiger partial charge in [0.25, 0.3) is 5.91 Å². The van der Waals surface area contributed by atoms with Crippen molar-refractivity contribution in [3.8, 4) is 0 Å². The van der Waals surface area contributed by atoms with Gasteiger partial charge in [0.1, 0.15) is 6.04 Å². The van der Waals surface area contributed by atoms with Crippen molar-refractivity contribution in [1.82, 2.24) is 30.4 Å². The number of fused-ring (bicyclic) bond motifs is 1. The molecule has 0 spiro atoms. The number of carbonyl (C=O) groups excluding carboxylic acids is 4. The Bertz CT molecular complexity index is 1540. The zero-order chi connectivity index (χ0) is 31.5. The molecule has 0 saturated heterocycles. The average molecular weight is 603 g/mol. The van der Waals surface area contributed by atoms with Crippen LogP contribution in [-0.4, -0.2) is 70.3 Å². The predicted octanol–water partition coefficient (Wildman–Crippen LogP) is 2.82. The molecule has 1 aromatic heterocycles. The van der Waals surface area contributed by atoms with Crippen LogP contribution in [0.25, 0.3) is 17.1 Å². The van der Waals surface area contributed by atoms with Crippen molar-refractivity contribution in [2.24, 2.45) is 5.92 Å². The van der Waals surface area contributed by atoms with Crippen LogP contribution in [0.5, 0.6) is 0 Å². The van der Waals surface area contributed by atoms with Crippen LogP contribution in [0.3, 0.4) is 0 Å². The molecule has 2 aromatic carbocycles. The predicted molar refractivity (Wildman–Crippen MR) is 170 cm³/mol. The minimum atomic E-state index is -0.691. The van der Waals surface area contributed by atoms with Gasteiger partial charge in [-0.05, 0) is 55.0 Å². The molecule has 2 heterocycles. The largest absolute Gasteiger partial charge is 0.354 e. The van der Waals surface area contributed by atoms with Crippen LogP contribution in [0, 0.1) is 5.92 Å². The van der Waals surface area contributed by atoms with Crippen molar-refractivity contribution in [3.63, 3.8) is 0 Å². The minimum absolute atomic E-state index is 0.0820. The first kappa shape index (κ1) is 32.2.